The molecular formula is C20H20N2O4. The molecule has 0 radical (unpaired) electrons. The molecule has 3 aromatic rings. The Kier molecular flexibility index (Phi) is 5.88. The first kappa shape index (κ1) is 17.5. The van der Waals surface area contributed by atoms with Gasteiger partial charge in [-0.3, -0.25) is 9.78 Å². The van der Waals surface area contributed by atoms with Crippen molar-refractivity contribution in [1.29, 1.82) is 0 Å². The summed E-state index contributed by atoms with van der Waals surface area (Å²) in [6.07, 6.45) is 1.70. The van der Waals surface area contributed by atoms with Crippen LogP contribution < -0.4 is 19.5 Å². The summed E-state index contributed by atoms with van der Waals surface area (Å²) in [5.74, 6) is 1.87. The second kappa shape index (κ2) is 8.71. The van der Waals surface area contributed by atoms with Gasteiger partial charge >= 0.3 is 0 Å². The fourth-order valence-electron chi connectivity index (χ4n) is 2.42. The number of carbonyl (C=O) groups is 1. The smallest absolute Gasteiger partial charge is 0.258 e. The third-order valence-electron chi connectivity index (χ3n) is 3.71. The van der Waals surface area contributed by atoms with Crippen LogP contribution in [-0.4, -0.2) is 37.8 Å². The maximum atomic E-state index is 11.9. The summed E-state index contributed by atoms with van der Waals surface area (Å²) in [4.78, 5) is 16.2. The topological polar surface area (TPSA) is 69.7 Å². The highest BCUT2D eigenvalue weighted by atomic mass is 16.5. The number of hydrogen-bond acceptors (Lipinski definition) is 5. The Bertz CT molecular complexity index is 860. The Balaban J connectivity index is 1.41. The number of hydrogen-bond donors (Lipinski definition) is 1. The van der Waals surface area contributed by atoms with Crippen molar-refractivity contribution < 1.29 is 19.0 Å². The van der Waals surface area contributed by atoms with Gasteiger partial charge < -0.3 is 19.5 Å². The molecule has 0 aliphatic heterocycles. The van der Waals surface area contributed by atoms with Crippen molar-refractivity contribution in [1.82, 2.24) is 10.3 Å². The second-order valence-corrected chi connectivity index (χ2v) is 5.49. The summed E-state index contributed by atoms with van der Waals surface area (Å²) in [5.41, 5.74) is 0.741. The van der Waals surface area contributed by atoms with Crippen LogP contribution in [0.25, 0.3) is 10.9 Å². The summed E-state index contributed by atoms with van der Waals surface area (Å²) < 4.78 is 16.2. The van der Waals surface area contributed by atoms with Gasteiger partial charge in [-0.25, -0.2) is 0 Å². The summed E-state index contributed by atoms with van der Waals surface area (Å²) in [5, 5.41) is 3.73. The lowest BCUT2D eigenvalue weighted by molar-refractivity contribution is -0.123. The molecule has 0 fully saturated rings. The maximum Gasteiger partial charge on any atom is 0.258 e. The number of nitrogens with zero attached hydrogens (tertiary/aromatic N) is 1. The Morgan fingerprint density at radius 3 is 2.58 bits per heavy atom. The van der Waals surface area contributed by atoms with Gasteiger partial charge in [0.15, 0.2) is 6.61 Å². The van der Waals surface area contributed by atoms with Crippen molar-refractivity contribution in [2.45, 2.75) is 0 Å². The maximum absolute atomic E-state index is 11.9. The predicted molar refractivity (Wildman–Crippen MR) is 98.7 cm³/mol. The minimum Gasteiger partial charge on any atom is -0.497 e. The molecule has 134 valence electrons. The van der Waals surface area contributed by atoms with Gasteiger partial charge in [0.25, 0.3) is 5.91 Å². The average Bonchev–Trinajstić information content (AvgIpc) is 2.70. The van der Waals surface area contributed by atoms with E-state index < -0.39 is 0 Å². The van der Waals surface area contributed by atoms with Gasteiger partial charge in [0.05, 0.1) is 13.7 Å². The molecule has 0 aliphatic carbocycles. The Labute approximate surface area is 151 Å². The standard InChI is InChI=1S/C20H20N2O4/c1-24-16-7-9-17(10-8-16)25-13-12-21-19(23)14-26-18-6-2-4-15-5-3-11-22-20(15)18/h2-11H,12-14H2,1H3,(H,21,23). The average molecular weight is 352 g/mol. The molecule has 26 heavy (non-hydrogen) atoms. The van der Waals surface area contributed by atoms with Crippen molar-refractivity contribution in [2.24, 2.45) is 0 Å². The number of carbonyl (C=O) groups excluding carboxylic acids is 1. The molecule has 6 heteroatoms. The first-order valence-corrected chi connectivity index (χ1v) is 8.26. The lowest BCUT2D eigenvalue weighted by Crippen LogP contribution is -2.32. The fraction of sp³-hybridized carbons (Fsp3) is 0.200. The number of amides is 1. The zero-order valence-corrected chi connectivity index (χ0v) is 14.5. The Hall–Kier alpha value is -3.28. The van der Waals surface area contributed by atoms with Crippen LogP contribution in [0.5, 0.6) is 17.2 Å². The van der Waals surface area contributed by atoms with Crippen LogP contribution in [0.15, 0.2) is 60.8 Å². The number of aromatic nitrogens is 1. The molecule has 0 atom stereocenters. The number of methoxy groups -OCH3 is 1. The van der Waals surface area contributed by atoms with E-state index in [1.807, 2.05) is 48.5 Å². The number of para-hydroxylation sites is 1. The molecule has 0 bridgehead atoms. The lowest BCUT2D eigenvalue weighted by atomic mass is 10.2. The number of nitrogens with one attached hydrogen (secondary N) is 1. The molecule has 1 N–H and O–H groups in total. The summed E-state index contributed by atoms with van der Waals surface area (Å²) >= 11 is 0. The molecule has 0 saturated carbocycles. The van der Waals surface area contributed by atoms with Crippen molar-refractivity contribution in [3.8, 4) is 17.2 Å². The van der Waals surface area contributed by atoms with Crippen molar-refractivity contribution in [3.63, 3.8) is 0 Å². The minimum atomic E-state index is -0.212. The zero-order valence-electron chi connectivity index (χ0n) is 14.5. The van der Waals surface area contributed by atoms with Crippen LogP contribution in [-0.2, 0) is 4.79 Å². The molecule has 0 unspecified atom stereocenters. The van der Waals surface area contributed by atoms with Gasteiger partial charge in [-0.2, -0.15) is 0 Å². The van der Waals surface area contributed by atoms with Crippen LogP contribution in [0, 0.1) is 0 Å². The first-order chi connectivity index (χ1) is 12.8. The van der Waals surface area contributed by atoms with E-state index in [0.29, 0.717) is 18.9 Å². The number of fused-ring (bicyclic) bond motifs is 1. The highest BCUT2D eigenvalue weighted by molar-refractivity contribution is 5.85. The Morgan fingerprint density at radius 1 is 1.00 bits per heavy atom. The summed E-state index contributed by atoms with van der Waals surface area (Å²) in [6, 6.07) is 16.7. The Morgan fingerprint density at radius 2 is 1.77 bits per heavy atom. The molecule has 1 amide bonds. The van der Waals surface area contributed by atoms with Gasteiger partial charge in [0, 0.05) is 11.6 Å². The number of ether oxygens (including phenoxy) is 3. The van der Waals surface area contributed by atoms with Crippen LogP contribution in [0.4, 0.5) is 0 Å². The summed E-state index contributed by atoms with van der Waals surface area (Å²) in [7, 11) is 1.61. The largest absolute Gasteiger partial charge is 0.497 e. The number of rotatable bonds is 8. The van der Waals surface area contributed by atoms with Gasteiger partial charge in [-0.1, -0.05) is 18.2 Å². The lowest BCUT2D eigenvalue weighted by Gasteiger charge is -2.10. The van der Waals surface area contributed by atoms with E-state index in [1.54, 1.807) is 19.4 Å². The van der Waals surface area contributed by atoms with E-state index in [4.69, 9.17) is 14.2 Å². The molecule has 0 aliphatic rings. The molecular weight excluding hydrogens is 332 g/mol. The molecule has 6 nitrogen and oxygen atoms in total. The van der Waals surface area contributed by atoms with Gasteiger partial charge in [0.2, 0.25) is 0 Å². The molecule has 1 aromatic heterocycles. The first-order valence-electron chi connectivity index (χ1n) is 8.26. The highest BCUT2D eigenvalue weighted by Crippen LogP contribution is 2.22. The highest BCUT2D eigenvalue weighted by Gasteiger charge is 2.06. The SMILES string of the molecule is COc1ccc(OCCNC(=O)COc2cccc3cccnc23)cc1. The monoisotopic (exact) mass is 352 g/mol. The van der Waals surface area contributed by atoms with Crippen LogP contribution in [0.3, 0.4) is 0 Å². The molecule has 0 saturated heterocycles. The van der Waals surface area contributed by atoms with E-state index in [1.165, 1.54) is 0 Å². The second-order valence-electron chi connectivity index (χ2n) is 5.49. The summed E-state index contributed by atoms with van der Waals surface area (Å²) in [6.45, 7) is 0.689. The number of benzene rings is 2. The fourth-order valence-corrected chi connectivity index (χ4v) is 2.42. The molecule has 2 aromatic carbocycles. The van der Waals surface area contributed by atoms with E-state index in [9.17, 15) is 4.79 Å². The van der Waals surface area contributed by atoms with E-state index in [-0.39, 0.29) is 12.5 Å². The zero-order chi connectivity index (χ0) is 18.2. The van der Waals surface area contributed by atoms with Crippen LogP contribution in [0.2, 0.25) is 0 Å². The van der Waals surface area contributed by atoms with Gasteiger partial charge in [0.1, 0.15) is 29.4 Å². The molecule has 1 heterocycles. The number of pyridine rings is 1. The third-order valence-corrected chi connectivity index (χ3v) is 3.71. The quantitative estimate of drug-likeness (QED) is 0.631. The van der Waals surface area contributed by atoms with Gasteiger partial charge in [-0.15, -0.1) is 0 Å². The predicted octanol–water partition coefficient (Wildman–Crippen LogP) is 2.82. The minimum absolute atomic E-state index is 0.0712. The van der Waals surface area contributed by atoms with Gasteiger partial charge in [-0.05, 0) is 36.4 Å². The van der Waals surface area contributed by atoms with Crippen molar-refractivity contribution >= 4 is 16.8 Å². The normalized spacial score (nSPS) is 10.3. The molecule has 3 rings (SSSR count). The van der Waals surface area contributed by atoms with E-state index in [2.05, 4.69) is 10.3 Å². The van der Waals surface area contributed by atoms with E-state index >= 15 is 0 Å². The van der Waals surface area contributed by atoms with Crippen LogP contribution in [0.1, 0.15) is 0 Å². The third kappa shape index (κ3) is 4.63. The van der Waals surface area contributed by atoms with Crippen molar-refractivity contribution in [3.05, 3.63) is 60.8 Å². The van der Waals surface area contributed by atoms with Crippen LogP contribution >= 0.6 is 0 Å². The van der Waals surface area contributed by atoms with Crippen molar-refractivity contribution in [2.75, 3.05) is 26.9 Å². The van der Waals surface area contributed by atoms with E-state index in [0.717, 1.165) is 22.4 Å². The molecule has 0 spiro atoms.